The molecule has 11 heteroatoms. The molecule has 0 aliphatic carbocycles. The van der Waals surface area contributed by atoms with Gasteiger partial charge in [-0.15, -0.1) is 0 Å². The largest absolute Gasteiger partial charge is 0.507 e. The van der Waals surface area contributed by atoms with Gasteiger partial charge in [-0.3, -0.25) is 0 Å². The summed E-state index contributed by atoms with van der Waals surface area (Å²) in [5.74, 6) is 1.36. The van der Waals surface area contributed by atoms with Gasteiger partial charge in [0.2, 0.25) is 0 Å². The molecule has 0 spiro atoms. The summed E-state index contributed by atoms with van der Waals surface area (Å²) in [5, 5.41) is 90.3. The van der Waals surface area contributed by atoms with Crippen LogP contribution in [0.3, 0.4) is 0 Å². The minimum absolute atomic E-state index is 0. The van der Waals surface area contributed by atoms with E-state index in [1.54, 1.807) is 41.5 Å². The van der Waals surface area contributed by atoms with Crippen LogP contribution in [-0.2, 0) is 82.0 Å². The van der Waals surface area contributed by atoms with Crippen molar-refractivity contribution in [2.75, 3.05) is 0 Å². The first-order valence-corrected chi connectivity index (χ1v) is 23.6. The van der Waals surface area contributed by atoms with Gasteiger partial charge in [0.1, 0.15) is 34.5 Å². The van der Waals surface area contributed by atoms with Crippen molar-refractivity contribution in [1.82, 2.24) is 0 Å². The SMILES string of the molecule is CC(C)O.CC(C)O.CC(C)O.CCc1cc(C)c(O)c(Cc2cc(Cc3cc(C)c(O)c(Cc4cc(C)c(O)c(Cc5cc(C)c(O)c(Cc6cc(C)cc(C)c6O)c5)c4)c3)cc(C)c2O)c1.[CH3-].[Ti].[Ti]. The van der Waals surface area contributed by atoms with Gasteiger partial charge < -0.3 is 53.4 Å². The van der Waals surface area contributed by atoms with E-state index in [4.69, 9.17) is 15.3 Å². The molecule has 0 radical (unpaired) electrons. The van der Waals surface area contributed by atoms with Crippen molar-refractivity contribution in [3.8, 4) is 34.5 Å². The summed E-state index contributed by atoms with van der Waals surface area (Å²) in [7, 11) is 0. The third-order valence-electron chi connectivity index (χ3n) is 11.1. The molecule has 6 aromatic carbocycles. The Labute approximate surface area is 455 Å². The fourth-order valence-corrected chi connectivity index (χ4v) is 8.22. The summed E-state index contributed by atoms with van der Waals surface area (Å²) in [6, 6.07) is 23.7. The van der Waals surface area contributed by atoms with Crippen LogP contribution in [0.15, 0.2) is 72.8 Å². The number of aliphatic hydroxyl groups is 3. The molecule has 0 unspecified atom stereocenters. The first kappa shape index (κ1) is 66.4. The van der Waals surface area contributed by atoms with Gasteiger partial charge in [0.15, 0.2) is 0 Å². The van der Waals surface area contributed by atoms with Crippen LogP contribution in [0.1, 0.15) is 149 Å². The molecule has 6 aromatic rings. The zero-order chi connectivity index (χ0) is 51.3. The maximum atomic E-state index is 11.3. The molecule has 0 aromatic heterocycles. The number of phenolic OH excluding ortho intramolecular Hbond substituents is 6. The average molecular weight is 1040 g/mol. The fourth-order valence-electron chi connectivity index (χ4n) is 8.22. The molecule has 0 aliphatic heterocycles. The standard InChI is InChI=1S/C50H54O6.3C3H8O.CH3.2Ti/c1-9-34-12-29(4)48(54)42(18-34)26-43-20-36(14-31(6)49(43)55)17-35-13-30(5)46(52)40(19-35)21-37-15-32(7)47(53)41(22-37)23-38-16-33(8)50(56)44(24-38)25-39-11-27(2)10-28(3)45(39)51;3*1-3(2)4;;;/h10-16,18-20,22,24,51-56H,9,17,21,23,25-26H2,1-8H3;3*3-4H,1-2H3;1H3;;/q;;;;-1;;. The number of aliphatic hydroxyl groups excluding tert-OH is 3. The van der Waals surface area contributed by atoms with Crippen molar-refractivity contribution in [3.63, 3.8) is 0 Å². The maximum absolute atomic E-state index is 11.3. The molecular weight excluding hydrogens is 960 g/mol. The third kappa shape index (κ3) is 20.5. The number of rotatable bonds is 11. The van der Waals surface area contributed by atoms with Gasteiger partial charge in [-0.05, 0) is 197 Å². The van der Waals surface area contributed by atoms with Crippen molar-refractivity contribution >= 4 is 0 Å². The Morgan fingerprint density at radius 2 is 0.507 bits per heavy atom. The fraction of sp³-hybridized carbons (Fsp3) is 0.383. The van der Waals surface area contributed by atoms with E-state index < -0.39 is 0 Å². The van der Waals surface area contributed by atoms with Crippen molar-refractivity contribution in [2.45, 2.75) is 154 Å². The molecule has 0 bridgehead atoms. The van der Waals surface area contributed by atoms with E-state index in [0.717, 1.165) is 101 Å². The summed E-state index contributed by atoms with van der Waals surface area (Å²) < 4.78 is 0. The Kier molecular flexibility index (Phi) is 28.5. The van der Waals surface area contributed by atoms with Crippen LogP contribution in [0.2, 0.25) is 0 Å². The zero-order valence-electron chi connectivity index (χ0n) is 44.9. The Morgan fingerprint density at radius 1 is 0.310 bits per heavy atom. The molecule has 0 atom stereocenters. The quantitative estimate of drug-likeness (QED) is 0.0451. The van der Waals surface area contributed by atoms with E-state index >= 15 is 0 Å². The van der Waals surface area contributed by atoms with Gasteiger partial charge >= 0.3 is 0 Å². The number of aryl methyl sites for hydroxylation is 8. The Hall–Kier alpha value is -4.57. The van der Waals surface area contributed by atoms with Crippen molar-refractivity contribution in [1.29, 1.82) is 0 Å². The van der Waals surface area contributed by atoms with E-state index in [9.17, 15) is 30.6 Å². The van der Waals surface area contributed by atoms with Gasteiger partial charge in [0, 0.05) is 87.4 Å². The van der Waals surface area contributed by atoms with Crippen LogP contribution in [0.4, 0.5) is 0 Å². The molecule has 0 amide bonds. The number of phenols is 6. The third-order valence-corrected chi connectivity index (χ3v) is 11.1. The summed E-state index contributed by atoms with van der Waals surface area (Å²) in [4.78, 5) is 0. The van der Waals surface area contributed by atoms with Crippen molar-refractivity contribution < 1.29 is 89.4 Å². The van der Waals surface area contributed by atoms with E-state index in [1.165, 1.54) is 0 Å². The summed E-state index contributed by atoms with van der Waals surface area (Å²) in [6.45, 7) is 25.7. The topological polar surface area (TPSA) is 182 Å². The normalized spacial score (nSPS) is 10.5. The molecule has 0 saturated heterocycles. The van der Waals surface area contributed by atoms with Crippen molar-refractivity contribution in [3.05, 3.63) is 180 Å². The Morgan fingerprint density at radius 3 is 0.775 bits per heavy atom. The first-order chi connectivity index (χ1) is 31.7. The second-order valence-electron chi connectivity index (χ2n) is 19.2. The van der Waals surface area contributed by atoms with Crippen LogP contribution < -0.4 is 0 Å². The molecule has 0 fully saturated rings. The molecule has 71 heavy (non-hydrogen) atoms. The van der Waals surface area contributed by atoms with Crippen LogP contribution in [0, 0.1) is 55.9 Å². The van der Waals surface area contributed by atoms with Crippen LogP contribution in [0.5, 0.6) is 34.5 Å². The predicted molar refractivity (Wildman–Crippen MR) is 284 cm³/mol. The van der Waals surface area contributed by atoms with E-state index in [-0.39, 0.29) is 104 Å². The number of benzene rings is 6. The van der Waals surface area contributed by atoms with E-state index in [2.05, 4.69) is 6.92 Å². The van der Waals surface area contributed by atoms with Crippen LogP contribution in [0.25, 0.3) is 0 Å². The smallest absolute Gasteiger partial charge is 0.122 e. The van der Waals surface area contributed by atoms with Gasteiger partial charge in [-0.2, -0.15) is 0 Å². The summed E-state index contributed by atoms with van der Waals surface area (Å²) >= 11 is 0. The summed E-state index contributed by atoms with van der Waals surface area (Å²) in [6.07, 6.45) is 2.60. The van der Waals surface area contributed by atoms with Gasteiger partial charge in [0.05, 0.1) is 0 Å². The van der Waals surface area contributed by atoms with E-state index in [0.29, 0.717) is 37.7 Å². The molecule has 6 rings (SSSR count). The van der Waals surface area contributed by atoms with Gasteiger partial charge in [-0.1, -0.05) is 85.3 Å². The second kappa shape index (κ2) is 30.5. The molecular formula is C60H81O9Ti2-. The van der Waals surface area contributed by atoms with Gasteiger partial charge in [-0.25, -0.2) is 0 Å². The van der Waals surface area contributed by atoms with Crippen LogP contribution in [-0.4, -0.2) is 64.3 Å². The maximum Gasteiger partial charge on any atom is 0.122 e. The number of aromatic hydroxyl groups is 6. The number of hydrogen-bond acceptors (Lipinski definition) is 9. The average Bonchev–Trinajstić information content (AvgIpc) is 3.22. The van der Waals surface area contributed by atoms with Gasteiger partial charge in [0.25, 0.3) is 0 Å². The summed E-state index contributed by atoms with van der Waals surface area (Å²) in [5.41, 5.74) is 15.2. The first-order valence-electron chi connectivity index (χ1n) is 23.6. The predicted octanol–water partition coefficient (Wildman–Crippen LogP) is 12.2. The zero-order valence-corrected chi connectivity index (χ0v) is 48.1. The Balaban J connectivity index is 0.00000294. The minimum atomic E-state index is -0.167. The molecule has 384 valence electrons. The monoisotopic (exact) mass is 1040 g/mol. The molecule has 9 nitrogen and oxygen atoms in total. The van der Waals surface area contributed by atoms with Crippen molar-refractivity contribution in [2.24, 2.45) is 0 Å². The molecule has 0 saturated carbocycles. The van der Waals surface area contributed by atoms with Crippen LogP contribution >= 0.6 is 0 Å². The molecule has 0 aliphatic rings. The number of hydrogen-bond donors (Lipinski definition) is 9. The Bertz CT molecular complexity index is 2630. The van der Waals surface area contributed by atoms with E-state index in [1.807, 2.05) is 121 Å². The molecule has 0 heterocycles. The molecule has 9 N–H and O–H groups in total. The minimum Gasteiger partial charge on any atom is -0.507 e. The second-order valence-corrected chi connectivity index (χ2v) is 19.2.